The van der Waals surface area contributed by atoms with Gasteiger partial charge < -0.3 is 15.1 Å². The minimum absolute atomic E-state index is 0.810. The number of nitrogens with zero attached hydrogens (tertiary/aromatic N) is 3. The van der Waals surface area contributed by atoms with Crippen LogP contribution in [0.4, 0.5) is 10.8 Å². The largest absolute Gasteiger partial charge is 0.345 e. The number of thiazole rings is 1. The molecule has 0 aliphatic carbocycles. The fourth-order valence-corrected chi connectivity index (χ4v) is 4.58. The highest BCUT2D eigenvalue weighted by Gasteiger charge is 2.21. The van der Waals surface area contributed by atoms with Crippen molar-refractivity contribution in [3.05, 3.63) is 65.5 Å². The van der Waals surface area contributed by atoms with Gasteiger partial charge in [0.25, 0.3) is 0 Å². The van der Waals surface area contributed by atoms with Crippen LogP contribution in [0.15, 0.2) is 60.0 Å². The van der Waals surface area contributed by atoms with Gasteiger partial charge in [-0.15, -0.1) is 11.3 Å². The Bertz CT molecular complexity index is 930. The Morgan fingerprint density at radius 3 is 2.50 bits per heavy atom. The average Bonchev–Trinajstić information content (AvgIpc) is 3.25. The van der Waals surface area contributed by atoms with E-state index in [9.17, 15) is 0 Å². The van der Waals surface area contributed by atoms with Crippen LogP contribution in [0.2, 0.25) is 0 Å². The van der Waals surface area contributed by atoms with E-state index in [2.05, 4.69) is 76.0 Å². The molecule has 1 aromatic heterocycles. The van der Waals surface area contributed by atoms with Crippen LogP contribution in [-0.4, -0.2) is 41.2 Å². The van der Waals surface area contributed by atoms with Gasteiger partial charge in [0.05, 0.1) is 5.69 Å². The summed E-state index contributed by atoms with van der Waals surface area (Å²) in [5.41, 5.74) is 4.63. The molecule has 1 N–H and O–H groups in total. The molecular weight excluding hydrogens is 384 g/mol. The van der Waals surface area contributed by atoms with Gasteiger partial charge in [0.2, 0.25) is 0 Å². The van der Waals surface area contributed by atoms with Crippen molar-refractivity contribution in [2.75, 3.05) is 36.4 Å². The van der Waals surface area contributed by atoms with E-state index in [0.29, 0.717) is 0 Å². The normalized spacial score (nSPS) is 14.2. The van der Waals surface area contributed by atoms with Gasteiger partial charge in [0.15, 0.2) is 10.2 Å². The Kier molecular flexibility index (Phi) is 5.88. The summed E-state index contributed by atoms with van der Waals surface area (Å²) in [5.74, 6) is 0. The molecule has 3 aromatic rings. The molecule has 0 spiro atoms. The van der Waals surface area contributed by atoms with Crippen molar-refractivity contribution in [1.29, 1.82) is 0 Å². The Balaban J connectivity index is 1.36. The molecule has 144 valence electrons. The van der Waals surface area contributed by atoms with E-state index in [0.717, 1.165) is 54.2 Å². The average molecular weight is 409 g/mol. The Hall–Kier alpha value is -2.44. The first-order valence-electron chi connectivity index (χ1n) is 9.64. The monoisotopic (exact) mass is 408 g/mol. The Morgan fingerprint density at radius 2 is 1.75 bits per heavy atom. The molecular formula is C22H24N4S2. The van der Waals surface area contributed by atoms with Crippen LogP contribution in [0.5, 0.6) is 0 Å². The zero-order valence-electron chi connectivity index (χ0n) is 16.0. The summed E-state index contributed by atoms with van der Waals surface area (Å²) in [6.07, 6.45) is 0.993. The summed E-state index contributed by atoms with van der Waals surface area (Å²) in [6.45, 7) is 5.83. The molecule has 4 nitrogen and oxygen atoms in total. The van der Waals surface area contributed by atoms with E-state index < -0.39 is 0 Å². The standard InChI is InChI=1S/C22H24N4S2/c1-2-17-8-6-7-11-19(17)23-21(27)25-12-14-26(15-13-25)22-24-20(16-28-22)18-9-4-3-5-10-18/h3-11,16H,2,12-15H2,1H3,(H,23,27). The maximum atomic E-state index is 5.67. The highest BCUT2D eigenvalue weighted by molar-refractivity contribution is 7.80. The predicted molar refractivity (Wildman–Crippen MR) is 123 cm³/mol. The Morgan fingerprint density at radius 1 is 1.04 bits per heavy atom. The van der Waals surface area contributed by atoms with E-state index in [1.165, 1.54) is 11.1 Å². The number of benzene rings is 2. The molecule has 28 heavy (non-hydrogen) atoms. The molecule has 6 heteroatoms. The van der Waals surface area contributed by atoms with Gasteiger partial charge in [-0.3, -0.25) is 0 Å². The number of anilines is 2. The van der Waals surface area contributed by atoms with Crippen molar-refractivity contribution >= 4 is 39.5 Å². The van der Waals surface area contributed by atoms with Crippen LogP contribution in [0, 0.1) is 0 Å². The zero-order valence-corrected chi connectivity index (χ0v) is 17.6. The zero-order chi connectivity index (χ0) is 19.3. The first-order chi connectivity index (χ1) is 13.7. The molecule has 0 saturated carbocycles. The minimum atomic E-state index is 0.810. The first kappa shape index (κ1) is 18.9. The lowest BCUT2D eigenvalue weighted by Crippen LogP contribution is -2.50. The van der Waals surface area contributed by atoms with E-state index in [1.807, 2.05) is 6.07 Å². The molecule has 0 amide bonds. The lowest BCUT2D eigenvalue weighted by molar-refractivity contribution is 0.390. The lowest BCUT2D eigenvalue weighted by Gasteiger charge is -2.36. The van der Waals surface area contributed by atoms with Crippen LogP contribution in [-0.2, 0) is 6.42 Å². The third kappa shape index (κ3) is 4.18. The van der Waals surface area contributed by atoms with E-state index >= 15 is 0 Å². The second kappa shape index (κ2) is 8.71. The van der Waals surface area contributed by atoms with Gasteiger partial charge >= 0.3 is 0 Å². The van der Waals surface area contributed by atoms with Crippen molar-refractivity contribution < 1.29 is 0 Å². The van der Waals surface area contributed by atoms with Crippen molar-refractivity contribution in [1.82, 2.24) is 9.88 Å². The number of rotatable bonds is 4. The van der Waals surface area contributed by atoms with Crippen LogP contribution in [0.3, 0.4) is 0 Å². The maximum Gasteiger partial charge on any atom is 0.185 e. The third-order valence-corrected chi connectivity index (χ3v) is 6.30. The number of para-hydroxylation sites is 1. The lowest BCUT2D eigenvalue weighted by atomic mass is 10.1. The van der Waals surface area contributed by atoms with Crippen LogP contribution >= 0.6 is 23.6 Å². The van der Waals surface area contributed by atoms with E-state index in [4.69, 9.17) is 17.2 Å². The van der Waals surface area contributed by atoms with Gasteiger partial charge in [0, 0.05) is 42.8 Å². The van der Waals surface area contributed by atoms with Crippen molar-refractivity contribution in [2.24, 2.45) is 0 Å². The molecule has 2 heterocycles. The fraction of sp³-hybridized carbons (Fsp3) is 0.273. The first-order valence-corrected chi connectivity index (χ1v) is 10.9. The molecule has 1 aliphatic rings. The third-order valence-electron chi connectivity index (χ3n) is 5.04. The number of thiocarbonyl (C=S) groups is 1. The van der Waals surface area contributed by atoms with Crippen LogP contribution in [0.1, 0.15) is 12.5 Å². The SMILES string of the molecule is CCc1ccccc1NC(=S)N1CCN(c2nc(-c3ccccc3)cs2)CC1. The van der Waals surface area contributed by atoms with Gasteiger partial charge in [-0.2, -0.15) is 0 Å². The molecule has 0 radical (unpaired) electrons. The van der Waals surface area contributed by atoms with Crippen molar-refractivity contribution in [3.63, 3.8) is 0 Å². The quantitative estimate of drug-likeness (QED) is 0.621. The van der Waals surface area contributed by atoms with Gasteiger partial charge in [-0.25, -0.2) is 4.98 Å². The van der Waals surface area contributed by atoms with Crippen LogP contribution < -0.4 is 10.2 Å². The highest BCUT2D eigenvalue weighted by atomic mass is 32.1. The summed E-state index contributed by atoms with van der Waals surface area (Å²) in [4.78, 5) is 9.45. The smallest absolute Gasteiger partial charge is 0.185 e. The van der Waals surface area contributed by atoms with Gasteiger partial charge in [-0.1, -0.05) is 55.5 Å². The highest BCUT2D eigenvalue weighted by Crippen LogP contribution is 2.28. The second-order valence-electron chi connectivity index (χ2n) is 6.80. The molecule has 0 unspecified atom stereocenters. The summed E-state index contributed by atoms with van der Waals surface area (Å²) in [5, 5.41) is 7.48. The number of piperazine rings is 1. The summed E-state index contributed by atoms with van der Waals surface area (Å²) < 4.78 is 0. The predicted octanol–water partition coefficient (Wildman–Crippen LogP) is 4.89. The second-order valence-corrected chi connectivity index (χ2v) is 8.02. The van der Waals surface area contributed by atoms with Gasteiger partial charge in [0.1, 0.15) is 0 Å². The van der Waals surface area contributed by atoms with Crippen molar-refractivity contribution in [2.45, 2.75) is 13.3 Å². The van der Waals surface area contributed by atoms with E-state index in [1.54, 1.807) is 11.3 Å². The molecule has 2 aromatic carbocycles. The van der Waals surface area contributed by atoms with Crippen LogP contribution in [0.25, 0.3) is 11.3 Å². The maximum absolute atomic E-state index is 5.67. The summed E-state index contributed by atoms with van der Waals surface area (Å²) in [7, 11) is 0. The number of nitrogens with one attached hydrogen (secondary N) is 1. The molecule has 1 fully saturated rings. The minimum Gasteiger partial charge on any atom is -0.345 e. The molecule has 1 saturated heterocycles. The van der Waals surface area contributed by atoms with E-state index in [-0.39, 0.29) is 0 Å². The van der Waals surface area contributed by atoms with Gasteiger partial charge in [-0.05, 0) is 30.3 Å². The van der Waals surface area contributed by atoms with Crippen molar-refractivity contribution in [3.8, 4) is 11.3 Å². The number of hydrogen-bond acceptors (Lipinski definition) is 4. The summed E-state index contributed by atoms with van der Waals surface area (Å²) >= 11 is 7.39. The Labute approximate surface area is 175 Å². The topological polar surface area (TPSA) is 31.4 Å². The number of aryl methyl sites for hydroxylation is 1. The molecule has 0 bridgehead atoms. The molecule has 4 rings (SSSR count). The number of aromatic nitrogens is 1. The molecule has 1 aliphatic heterocycles. The molecule has 0 atom stereocenters. The number of hydrogen-bond donors (Lipinski definition) is 1. The summed E-state index contributed by atoms with van der Waals surface area (Å²) in [6, 6.07) is 18.7. The fourth-order valence-electron chi connectivity index (χ4n) is 3.40.